The van der Waals surface area contributed by atoms with E-state index in [1.807, 2.05) is 17.8 Å². The van der Waals surface area contributed by atoms with Crippen LogP contribution in [-0.4, -0.2) is 41.9 Å². The summed E-state index contributed by atoms with van der Waals surface area (Å²) < 4.78 is 0.812. The van der Waals surface area contributed by atoms with Crippen LogP contribution in [0, 0.1) is 0 Å². The lowest BCUT2D eigenvalue weighted by Gasteiger charge is -2.19. The van der Waals surface area contributed by atoms with Gasteiger partial charge in [-0.1, -0.05) is 0 Å². The first-order chi connectivity index (χ1) is 9.15. The molecule has 0 aliphatic carbocycles. The van der Waals surface area contributed by atoms with Crippen LogP contribution in [0.3, 0.4) is 0 Å². The molecule has 0 saturated carbocycles. The van der Waals surface area contributed by atoms with E-state index in [2.05, 4.69) is 26.1 Å². The highest BCUT2D eigenvalue weighted by molar-refractivity contribution is 9.10. The molecule has 1 aliphatic heterocycles. The monoisotopic (exact) mass is 343 g/mol. The summed E-state index contributed by atoms with van der Waals surface area (Å²) in [7, 11) is 0. The number of amides is 1. The zero-order chi connectivity index (χ0) is 13.7. The maximum Gasteiger partial charge on any atom is 0.238 e. The molecular weight excluding hydrogens is 326 g/mol. The smallest absolute Gasteiger partial charge is 0.238 e. The molecule has 0 bridgehead atoms. The van der Waals surface area contributed by atoms with Crippen LogP contribution in [0.4, 0.5) is 11.4 Å². The number of hydrogen-bond donors (Lipinski definition) is 2. The number of rotatable bonds is 3. The first-order valence-corrected chi connectivity index (χ1v) is 8.25. The van der Waals surface area contributed by atoms with Gasteiger partial charge in [0.25, 0.3) is 0 Å². The van der Waals surface area contributed by atoms with Crippen LogP contribution >= 0.6 is 27.7 Å². The number of anilines is 2. The molecule has 0 spiro atoms. The molecule has 1 aromatic carbocycles. The van der Waals surface area contributed by atoms with Crippen LogP contribution in [0.2, 0.25) is 0 Å². The zero-order valence-electron chi connectivity index (χ0n) is 10.7. The lowest BCUT2D eigenvalue weighted by atomic mass is 10.3. The second-order valence-electron chi connectivity index (χ2n) is 4.53. The Balaban J connectivity index is 1.89. The van der Waals surface area contributed by atoms with Gasteiger partial charge in [0.15, 0.2) is 0 Å². The molecule has 3 N–H and O–H groups in total. The molecule has 1 aromatic rings. The third-order valence-electron chi connectivity index (χ3n) is 2.95. The summed E-state index contributed by atoms with van der Waals surface area (Å²) in [5.41, 5.74) is 7.11. The van der Waals surface area contributed by atoms with Gasteiger partial charge in [-0.3, -0.25) is 9.69 Å². The lowest BCUT2D eigenvalue weighted by Crippen LogP contribution is -2.34. The SMILES string of the molecule is Nc1ccc(NC(=O)CN2CCCSCC2)c(Br)c1. The van der Waals surface area contributed by atoms with Crippen molar-refractivity contribution < 1.29 is 4.79 Å². The zero-order valence-corrected chi connectivity index (χ0v) is 13.1. The number of nitrogens with zero attached hydrogens (tertiary/aromatic N) is 1. The van der Waals surface area contributed by atoms with Gasteiger partial charge >= 0.3 is 0 Å². The number of halogens is 1. The van der Waals surface area contributed by atoms with Gasteiger partial charge in [-0.2, -0.15) is 11.8 Å². The second kappa shape index (κ2) is 7.17. The Kier molecular flexibility index (Phi) is 5.54. The molecule has 2 rings (SSSR count). The Bertz CT molecular complexity index is 448. The first-order valence-electron chi connectivity index (χ1n) is 6.30. The number of hydrogen-bond acceptors (Lipinski definition) is 4. The topological polar surface area (TPSA) is 58.4 Å². The summed E-state index contributed by atoms with van der Waals surface area (Å²) in [6, 6.07) is 5.39. The number of nitrogens with one attached hydrogen (secondary N) is 1. The molecule has 0 atom stereocenters. The number of carbonyl (C=O) groups excluding carboxylic acids is 1. The summed E-state index contributed by atoms with van der Waals surface area (Å²) in [5, 5.41) is 2.92. The fourth-order valence-electron chi connectivity index (χ4n) is 1.98. The molecule has 104 valence electrons. The third-order valence-corrected chi connectivity index (χ3v) is 4.65. The predicted octanol–water partition coefficient (Wildman–Crippen LogP) is 2.41. The molecule has 6 heteroatoms. The fraction of sp³-hybridized carbons (Fsp3) is 0.462. The Hall–Kier alpha value is -0.720. The minimum Gasteiger partial charge on any atom is -0.399 e. The highest BCUT2D eigenvalue weighted by atomic mass is 79.9. The average Bonchev–Trinajstić information content (AvgIpc) is 2.61. The van der Waals surface area contributed by atoms with Crippen LogP contribution in [-0.2, 0) is 4.79 Å². The maximum atomic E-state index is 12.0. The molecule has 0 unspecified atom stereocenters. The van der Waals surface area contributed by atoms with Crippen LogP contribution in [0.15, 0.2) is 22.7 Å². The Morgan fingerprint density at radius 2 is 2.26 bits per heavy atom. The van der Waals surface area contributed by atoms with Crippen molar-refractivity contribution in [2.24, 2.45) is 0 Å². The number of nitrogens with two attached hydrogens (primary N) is 1. The van der Waals surface area contributed by atoms with Crippen molar-refractivity contribution in [3.05, 3.63) is 22.7 Å². The van der Waals surface area contributed by atoms with E-state index in [-0.39, 0.29) is 5.91 Å². The molecule has 1 amide bonds. The van der Waals surface area contributed by atoms with Gasteiger partial charge in [-0.05, 0) is 52.8 Å². The highest BCUT2D eigenvalue weighted by Gasteiger charge is 2.13. The van der Waals surface area contributed by atoms with E-state index in [0.29, 0.717) is 12.2 Å². The lowest BCUT2D eigenvalue weighted by molar-refractivity contribution is -0.117. The second-order valence-corrected chi connectivity index (χ2v) is 6.61. The first kappa shape index (κ1) is 14.7. The van der Waals surface area contributed by atoms with E-state index in [1.165, 1.54) is 5.75 Å². The van der Waals surface area contributed by atoms with Crippen molar-refractivity contribution in [3.63, 3.8) is 0 Å². The predicted molar refractivity (Wildman–Crippen MR) is 85.6 cm³/mol. The summed E-state index contributed by atoms with van der Waals surface area (Å²) >= 11 is 5.36. The number of nitrogen functional groups attached to an aromatic ring is 1. The minimum absolute atomic E-state index is 0.0253. The van der Waals surface area contributed by atoms with Crippen LogP contribution in [0.25, 0.3) is 0 Å². The molecule has 1 saturated heterocycles. The van der Waals surface area contributed by atoms with Gasteiger partial charge in [0.05, 0.1) is 12.2 Å². The van der Waals surface area contributed by atoms with Gasteiger partial charge in [0.2, 0.25) is 5.91 Å². The van der Waals surface area contributed by atoms with Crippen LogP contribution < -0.4 is 11.1 Å². The normalized spacial score (nSPS) is 16.9. The molecular formula is C13H18BrN3OS. The molecule has 19 heavy (non-hydrogen) atoms. The van der Waals surface area contributed by atoms with E-state index in [1.54, 1.807) is 12.1 Å². The molecule has 0 radical (unpaired) electrons. The van der Waals surface area contributed by atoms with Crippen molar-refractivity contribution in [1.82, 2.24) is 4.90 Å². The largest absolute Gasteiger partial charge is 0.399 e. The van der Waals surface area contributed by atoms with Crippen LogP contribution in [0.1, 0.15) is 6.42 Å². The molecule has 1 fully saturated rings. The van der Waals surface area contributed by atoms with E-state index in [4.69, 9.17) is 5.73 Å². The Morgan fingerprint density at radius 1 is 1.42 bits per heavy atom. The van der Waals surface area contributed by atoms with E-state index in [0.717, 1.165) is 35.4 Å². The third kappa shape index (κ3) is 4.71. The van der Waals surface area contributed by atoms with Crippen molar-refractivity contribution in [2.75, 3.05) is 42.2 Å². The molecule has 1 heterocycles. The maximum absolute atomic E-state index is 12.0. The highest BCUT2D eigenvalue weighted by Crippen LogP contribution is 2.24. The van der Waals surface area contributed by atoms with Crippen molar-refractivity contribution in [3.8, 4) is 0 Å². The summed E-state index contributed by atoms with van der Waals surface area (Å²) in [6.07, 6.45) is 1.16. The summed E-state index contributed by atoms with van der Waals surface area (Å²) in [4.78, 5) is 14.2. The van der Waals surface area contributed by atoms with Crippen molar-refractivity contribution in [1.29, 1.82) is 0 Å². The molecule has 1 aliphatic rings. The van der Waals surface area contributed by atoms with E-state index >= 15 is 0 Å². The average molecular weight is 344 g/mol. The Labute approximate surface area is 126 Å². The summed E-state index contributed by atoms with van der Waals surface area (Å²) in [6.45, 7) is 2.45. The minimum atomic E-state index is 0.0253. The fourth-order valence-corrected chi connectivity index (χ4v) is 3.40. The van der Waals surface area contributed by atoms with Crippen LogP contribution in [0.5, 0.6) is 0 Å². The number of benzene rings is 1. The van der Waals surface area contributed by atoms with E-state index in [9.17, 15) is 4.79 Å². The molecule has 4 nitrogen and oxygen atoms in total. The molecule has 0 aromatic heterocycles. The van der Waals surface area contributed by atoms with Gasteiger partial charge in [-0.15, -0.1) is 0 Å². The standard InChI is InChI=1S/C13H18BrN3OS/c14-11-8-10(15)2-3-12(11)16-13(18)9-17-4-1-6-19-7-5-17/h2-3,8H,1,4-7,9,15H2,(H,16,18). The number of carbonyl (C=O) groups is 1. The Morgan fingerprint density at radius 3 is 3.05 bits per heavy atom. The number of thioether (sulfide) groups is 1. The van der Waals surface area contributed by atoms with Gasteiger partial charge < -0.3 is 11.1 Å². The van der Waals surface area contributed by atoms with Crippen molar-refractivity contribution >= 4 is 45.0 Å². The van der Waals surface area contributed by atoms with E-state index < -0.39 is 0 Å². The van der Waals surface area contributed by atoms with Gasteiger partial charge in [-0.25, -0.2) is 0 Å². The van der Waals surface area contributed by atoms with Crippen molar-refractivity contribution in [2.45, 2.75) is 6.42 Å². The summed E-state index contributed by atoms with van der Waals surface area (Å²) in [5.74, 6) is 2.33. The van der Waals surface area contributed by atoms with Gasteiger partial charge in [0.1, 0.15) is 0 Å². The van der Waals surface area contributed by atoms with Gasteiger partial charge in [0, 0.05) is 22.5 Å². The quantitative estimate of drug-likeness (QED) is 0.827.